The molecule has 0 unspecified atom stereocenters. The van der Waals surface area contributed by atoms with Crippen molar-refractivity contribution in [1.82, 2.24) is 15.2 Å². The number of rotatable bonds is 3. The van der Waals surface area contributed by atoms with E-state index < -0.39 is 0 Å². The molecule has 120 valence electrons. The van der Waals surface area contributed by atoms with Crippen LogP contribution in [0.15, 0.2) is 54.7 Å². The summed E-state index contributed by atoms with van der Waals surface area (Å²) in [4.78, 5) is 6.81. The average Bonchev–Trinajstić information content (AvgIpc) is 2.61. The van der Waals surface area contributed by atoms with Crippen LogP contribution in [-0.2, 0) is 6.42 Å². The van der Waals surface area contributed by atoms with E-state index in [2.05, 4.69) is 49.7 Å². The van der Waals surface area contributed by atoms with E-state index in [4.69, 9.17) is 11.6 Å². The predicted molar refractivity (Wildman–Crippen MR) is 96.3 cm³/mol. The van der Waals surface area contributed by atoms with Gasteiger partial charge in [-0.2, -0.15) is 10.1 Å². The van der Waals surface area contributed by atoms with Crippen molar-refractivity contribution in [3.05, 3.63) is 65.3 Å². The molecule has 1 N–H and O–H groups in total. The molecule has 0 saturated heterocycles. The van der Waals surface area contributed by atoms with Crippen molar-refractivity contribution < 1.29 is 0 Å². The molecule has 2 heterocycles. The normalized spacial score (nSPS) is 13.5. The lowest BCUT2D eigenvalue weighted by Crippen LogP contribution is -2.25. The number of anilines is 4. The number of hydrogen-bond acceptors (Lipinski definition) is 5. The van der Waals surface area contributed by atoms with Gasteiger partial charge in [0.25, 0.3) is 0 Å². The molecule has 1 aliphatic heterocycles. The molecule has 0 atom stereocenters. The van der Waals surface area contributed by atoms with Gasteiger partial charge in [-0.25, -0.2) is 0 Å². The van der Waals surface area contributed by atoms with Crippen LogP contribution in [0.1, 0.15) is 12.0 Å². The highest BCUT2D eigenvalue weighted by Crippen LogP contribution is 2.32. The van der Waals surface area contributed by atoms with Crippen LogP contribution in [0, 0.1) is 0 Å². The Kier molecular flexibility index (Phi) is 4.01. The van der Waals surface area contributed by atoms with Gasteiger partial charge < -0.3 is 10.2 Å². The van der Waals surface area contributed by atoms with Crippen molar-refractivity contribution in [3.8, 4) is 0 Å². The second-order valence-corrected chi connectivity index (χ2v) is 6.09. The minimum absolute atomic E-state index is 0.456. The Bertz CT molecular complexity index is 867. The van der Waals surface area contributed by atoms with Crippen LogP contribution in [0.3, 0.4) is 0 Å². The molecule has 3 aromatic rings. The summed E-state index contributed by atoms with van der Waals surface area (Å²) >= 11 is 6.02. The van der Waals surface area contributed by atoms with Crippen molar-refractivity contribution >= 4 is 34.7 Å². The molecule has 0 saturated carbocycles. The van der Waals surface area contributed by atoms with E-state index in [-0.39, 0.29) is 0 Å². The first-order valence-corrected chi connectivity index (χ1v) is 8.25. The molecule has 0 fully saturated rings. The molecule has 1 aromatic heterocycles. The van der Waals surface area contributed by atoms with Gasteiger partial charge in [0, 0.05) is 22.9 Å². The lowest BCUT2D eigenvalue weighted by molar-refractivity contribution is 0.754. The molecule has 0 amide bonds. The summed E-state index contributed by atoms with van der Waals surface area (Å²) < 4.78 is 0. The SMILES string of the molecule is Clc1cccc(Nc2nncc(N3CCCc4ccccc43)n2)c1. The number of hydrogen-bond donors (Lipinski definition) is 1. The zero-order chi connectivity index (χ0) is 16.4. The number of halogens is 1. The van der Waals surface area contributed by atoms with Crippen LogP contribution in [0.4, 0.5) is 23.1 Å². The maximum atomic E-state index is 6.02. The Morgan fingerprint density at radius 2 is 2.00 bits per heavy atom. The molecular formula is C18H16ClN5. The molecule has 1 aliphatic rings. The van der Waals surface area contributed by atoms with Crippen molar-refractivity contribution in [2.75, 3.05) is 16.8 Å². The Morgan fingerprint density at radius 3 is 2.92 bits per heavy atom. The zero-order valence-corrected chi connectivity index (χ0v) is 13.7. The molecule has 2 aromatic carbocycles. The second-order valence-electron chi connectivity index (χ2n) is 5.66. The molecule has 0 radical (unpaired) electrons. The van der Waals surface area contributed by atoms with E-state index >= 15 is 0 Å². The first kappa shape index (κ1) is 14.9. The van der Waals surface area contributed by atoms with Gasteiger partial charge >= 0.3 is 0 Å². The number of aryl methyl sites for hydroxylation is 1. The lowest BCUT2D eigenvalue weighted by Gasteiger charge is -2.30. The summed E-state index contributed by atoms with van der Waals surface area (Å²) in [6.07, 6.45) is 3.89. The number of aromatic nitrogens is 3. The maximum Gasteiger partial charge on any atom is 0.249 e. The molecule has 0 bridgehead atoms. The predicted octanol–water partition coefficient (Wildman–Crippen LogP) is 4.35. The Labute approximate surface area is 145 Å². The highest BCUT2D eigenvalue weighted by molar-refractivity contribution is 6.30. The average molecular weight is 338 g/mol. The molecule has 5 nitrogen and oxygen atoms in total. The number of benzene rings is 2. The largest absolute Gasteiger partial charge is 0.325 e. The smallest absolute Gasteiger partial charge is 0.249 e. The van der Waals surface area contributed by atoms with E-state index in [1.807, 2.05) is 24.3 Å². The van der Waals surface area contributed by atoms with Gasteiger partial charge in [0.15, 0.2) is 5.82 Å². The zero-order valence-electron chi connectivity index (χ0n) is 13.0. The topological polar surface area (TPSA) is 53.9 Å². The van der Waals surface area contributed by atoms with Crippen LogP contribution in [0.2, 0.25) is 5.02 Å². The van der Waals surface area contributed by atoms with Crippen molar-refractivity contribution in [2.24, 2.45) is 0 Å². The second kappa shape index (κ2) is 6.45. The number of fused-ring (bicyclic) bond motifs is 1. The van der Waals surface area contributed by atoms with Crippen molar-refractivity contribution in [3.63, 3.8) is 0 Å². The Hall–Kier alpha value is -2.66. The first-order valence-electron chi connectivity index (χ1n) is 7.87. The molecule has 0 aliphatic carbocycles. The third-order valence-corrected chi connectivity index (χ3v) is 4.25. The van der Waals surface area contributed by atoms with Gasteiger partial charge in [0.05, 0.1) is 6.20 Å². The van der Waals surface area contributed by atoms with Crippen LogP contribution >= 0.6 is 11.6 Å². The molecular weight excluding hydrogens is 322 g/mol. The summed E-state index contributed by atoms with van der Waals surface area (Å²) in [6, 6.07) is 15.9. The van der Waals surface area contributed by atoms with Crippen LogP contribution in [0.25, 0.3) is 0 Å². The fraction of sp³-hybridized carbons (Fsp3) is 0.167. The van der Waals surface area contributed by atoms with Crippen molar-refractivity contribution in [1.29, 1.82) is 0 Å². The Morgan fingerprint density at radius 1 is 1.08 bits per heavy atom. The fourth-order valence-corrected chi connectivity index (χ4v) is 3.14. The van der Waals surface area contributed by atoms with Gasteiger partial charge in [-0.3, -0.25) is 0 Å². The summed E-state index contributed by atoms with van der Waals surface area (Å²) in [7, 11) is 0. The number of nitrogens with one attached hydrogen (secondary N) is 1. The highest BCUT2D eigenvalue weighted by atomic mass is 35.5. The van der Waals surface area contributed by atoms with E-state index in [1.54, 1.807) is 6.20 Å². The van der Waals surface area contributed by atoms with Gasteiger partial charge in [-0.15, -0.1) is 5.10 Å². The third-order valence-electron chi connectivity index (χ3n) is 4.01. The van der Waals surface area contributed by atoms with E-state index in [1.165, 1.54) is 11.3 Å². The lowest BCUT2D eigenvalue weighted by atomic mass is 10.0. The first-order chi connectivity index (χ1) is 11.8. The number of nitrogens with zero attached hydrogens (tertiary/aromatic N) is 4. The summed E-state index contributed by atoms with van der Waals surface area (Å²) in [5.41, 5.74) is 3.37. The minimum Gasteiger partial charge on any atom is -0.325 e. The highest BCUT2D eigenvalue weighted by Gasteiger charge is 2.19. The van der Waals surface area contributed by atoms with E-state index in [0.717, 1.165) is 30.9 Å². The van der Waals surface area contributed by atoms with E-state index in [0.29, 0.717) is 11.0 Å². The van der Waals surface area contributed by atoms with Gasteiger partial charge in [-0.1, -0.05) is 35.9 Å². The summed E-state index contributed by atoms with van der Waals surface area (Å²) in [6.45, 7) is 0.923. The standard InChI is InChI=1S/C18H16ClN5/c19-14-7-3-8-15(11-14)21-18-22-17(12-20-23-18)24-10-4-6-13-5-1-2-9-16(13)24/h1-3,5,7-9,11-12H,4,6,10H2,(H,21,22,23). The van der Waals surface area contributed by atoms with Gasteiger partial charge in [0.2, 0.25) is 5.95 Å². The van der Waals surface area contributed by atoms with Crippen LogP contribution < -0.4 is 10.2 Å². The molecule has 0 spiro atoms. The van der Waals surface area contributed by atoms with Gasteiger partial charge in [-0.05, 0) is 42.7 Å². The Balaban J connectivity index is 1.64. The maximum absolute atomic E-state index is 6.02. The summed E-state index contributed by atoms with van der Waals surface area (Å²) in [5.74, 6) is 1.25. The molecule has 6 heteroatoms. The quantitative estimate of drug-likeness (QED) is 0.770. The van der Waals surface area contributed by atoms with Crippen LogP contribution in [0.5, 0.6) is 0 Å². The number of para-hydroxylation sites is 1. The molecule has 24 heavy (non-hydrogen) atoms. The monoisotopic (exact) mass is 337 g/mol. The summed E-state index contributed by atoms with van der Waals surface area (Å²) in [5, 5.41) is 12.0. The van der Waals surface area contributed by atoms with Crippen LogP contribution in [-0.4, -0.2) is 21.7 Å². The van der Waals surface area contributed by atoms with Crippen molar-refractivity contribution in [2.45, 2.75) is 12.8 Å². The van der Waals surface area contributed by atoms with Gasteiger partial charge in [0.1, 0.15) is 0 Å². The molecule has 4 rings (SSSR count). The third kappa shape index (κ3) is 3.03. The minimum atomic E-state index is 0.456. The van der Waals surface area contributed by atoms with E-state index in [9.17, 15) is 0 Å². The fourth-order valence-electron chi connectivity index (χ4n) is 2.94.